The van der Waals surface area contributed by atoms with Gasteiger partial charge in [-0.3, -0.25) is 4.79 Å². The quantitative estimate of drug-likeness (QED) is 0.837. The molecule has 98 valence electrons. The third kappa shape index (κ3) is 3.65. The highest BCUT2D eigenvalue weighted by atomic mass is 32.2. The molecule has 5 heteroatoms. The van der Waals surface area contributed by atoms with E-state index < -0.39 is 0 Å². The zero-order valence-corrected chi connectivity index (χ0v) is 11.3. The van der Waals surface area contributed by atoms with Crippen LogP contribution in [0.2, 0.25) is 0 Å². The molecule has 0 radical (unpaired) electrons. The average Bonchev–Trinajstić information content (AvgIpc) is 2.37. The summed E-state index contributed by atoms with van der Waals surface area (Å²) in [6, 6.07) is 7.01. The van der Waals surface area contributed by atoms with E-state index in [4.69, 9.17) is 0 Å². The molecule has 4 nitrogen and oxygen atoms in total. The summed E-state index contributed by atoms with van der Waals surface area (Å²) in [7, 11) is 2.07. The largest absolute Gasteiger partial charge is 0.508 e. The van der Waals surface area contributed by atoms with Gasteiger partial charge in [-0.15, -0.1) is 11.8 Å². The molecule has 0 bridgehead atoms. The summed E-state index contributed by atoms with van der Waals surface area (Å²) in [4.78, 5) is 17.1. The van der Waals surface area contributed by atoms with E-state index in [2.05, 4.69) is 11.9 Å². The molecule has 0 spiro atoms. The number of carbonyl (C=O) groups excluding carboxylic acids is 1. The number of likely N-dealkylation sites (N-methyl/N-ethyl adjacent to an activating group) is 1. The van der Waals surface area contributed by atoms with Gasteiger partial charge in [0.1, 0.15) is 5.75 Å². The van der Waals surface area contributed by atoms with Crippen LogP contribution in [-0.4, -0.2) is 59.8 Å². The van der Waals surface area contributed by atoms with Crippen LogP contribution in [0.25, 0.3) is 0 Å². The number of carbonyl (C=O) groups is 1. The van der Waals surface area contributed by atoms with Gasteiger partial charge in [-0.1, -0.05) is 6.07 Å². The minimum Gasteiger partial charge on any atom is -0.508 e. The smallest absolute Gasteiger partial charge is 0.233 e. The lowest BCUT2D eigenvalue weighted by Crippen LogP contribution is -2.47. The molecule has 0 aromatic heterocycles. The highest BCUT2D eigenvalue weighted by Crippen LogP contribution is 2.22. The first kappa shape index (κ1) is 13.2. The molecule has 1 amide bonds. The number of phenolic OH excluding ortho intramolecular Hbond substituents is 1. The molecule has 0 saturated carbocycles. The lowest BCUT2D eigenvalue weighted by atomic mass is 10.3. The summed E-state index contributed by atoms with van der Waals surface area (Å²) in [6.07, 6.45) is 0. The summed E-state index contributed by atoms with van der Waals surface area (Å²) in [5, 5.41) is 9.34. The average molecular weight is 266 g/mol. The molecule has 2 rings (SSSR count). The van der Waals surface area contributed by atoms with Crippen molar-refractivity contribution in [3.63, 3.8) is 0 Å². The summed E-state index contributed by atoms with van der Waals surface area (Å²) in [6.45, 7) is 3.52. The van der Waals surface area contributed by atoms with Crippen LogP contribution in [0, 0.1) is 0 Å². The molecule has 0 unspecified atom stereocenters. The Hall–Kier alpha value is -1.20. The van der Waals surface area contributed by atoms with Crippen LogP contribution >= 0.6 is 11.8 Å². The van der Waals surface area contributed by atoms with E-state index in [1.54, 1.807) is 18.2 Å². The molecule has 0 aliphatic carbocycles. The monoisotopic (exact) mass is 266 g/mol. The maximum Gasteiger partial charge on any atom is 0.233 e. The normalized spacial score (nSPS) is 16.8. The maximum atomic E-state index is 12.0. The van der Waals surface area contributed by atoms with Crippen molar-refractivity contribution in [3.8, 4) is 5.75 Å². The number of hydrogen-bond acceptors (Lipinski definition) is 4. The summed E-state index contributed by atoms with van der Waals surface area (Å²) in [5.74, 6) is 0.858. The molecule has 1 N–H and O–H groups in total. The number of phenols is 1. The Labute approximate surface area is 112 Å². The van der Waals surface area contributed by atoms with E-state index in [1.165, 1.54) is 11.8 Å². The van der Waals surface area contributed by atoms with Gasteiger partial charge in [-0.2, -0.15) is 0 Å². The van der Waals surface area contributed by atoms with Gasteiger partial charge >= 0.3 is 0 Å². The SMILES string of the molecule is CN1CCN(C(=O)CSc2cccc(O)c2)CC1. The van der Waals surface area contributed by atoms with Gasteiger partial charge in [0.15, 0.2) is 0 Å². The highest BCUT2D eigenvalue weighted by Gasteiger charge is 2.18. The van der Waals surface area contributed by atoms with Gasteiger partial charge in [-0.05, 0) is 25.2 Å². The first-order valence-electron chi connectivity index (χ1n) is 6.03. The summed E-state index contributed by atoms with van der Waals surface area (Å²) < 4.78 is 0. The van der Waals surface area contributed by atoms with Gasteiger partial charge in [-0.25, -0.2) is 0 Å². The number of aromatic hydroxyl groups is 1. The van der Waals surface area contributed by atoms with Gasteiger partial charge in [0.05, 0.1) is 5.75 Å². The van der Waals surface area contributed by atoms with Gasteiger partial charge in [0.25, 0.3) is 0 Å². The van der Waals surface area contributed by atoms with Crippen molar-refractivity contribution in [1.29, 1.82) is 0 Å². The predicted molar refractivity (Wildman–Crippen MR) is 72.9 cm³/mol. The molecule has 1 aliphatic rings. The van der Waals surface area contributed by atoms with E-state index in [0.717, 1.165) is 31.1 Å². The third-order valence-electron chi connectivity index (χ3n) is 3.04. The fourth-order valence-electron chi connectivity index (χ4n) is 1.87. The molecule has 1 heterocycles. The second-order valence-corrected chi connectivity index (χ2v) is 5.52. The Morgan fingerprint density at radius 2 is 2.06 bits per heavy atom. The van der Waals surface area contributed by atoms with Crippen molar-refractivity contribution in [1.82, 2.24) is 9.80 Å². The first-order valence-corrected chi connectivity index (χ1v) is 7.02. The Bertz CT molecular complexity index is 417. The molecule has 18 heavy (non-hydrogen) atoms. The van der Waals surface area contributed by atoms with Crippen molar-refractivity contribution in [2.45, 2.75) is 4.90 Å². The van der Waals surface area contributed by atoms with Crippen molar-refractivity contribution in [2.75, 3.05) is 39.0 Å². The number of rotatable bonds is 3. The van der Waals surface area contributed by atoms with Crippen LogP contribution in [-0.2, 0) is 4.79 Å². The van der Waals surface area contributed by atoms with E-state index in [1.807, 2.05) is 11.0 Å². The molecule has 1 aliphatic heterocycles. The number of nitrogens with zero attached hydrogens (tertiary/aromatic N) is 2. The summed E-state index contributed by atoms with van der Waals surface area (Å²) >= 11 is 1.47. The van der Waals surface area contributed by atoms with Crippen LogP contribution in [0.3, 0.4) is 0 Å². The molecule has 1 aromatic rings. The van der Waals surface area contributed by atoms with Crippen molar-refractivity contribution < 1.29 is 9.90 Å². The van der Waals surface area contributed by atoms with Gasteiger partial charge < -0.3 is 14.9 Å². The Morgan fingerprint density at radius 3 is 2.72 bits per heavy atom. The predicted octanol–water partition coefficient (Wildman–Crippen LogP) is 1.26. The van der Waals surface area contributed by atoms with E-state index >= 15 is 0 Å². The fourth-order valence-corrected chi connectivity index (χ4v) is 2.72. The van der Waals surface area contributed by atoms with E-state index in [9.17, 15) is 9.90 Å². The van der Waals surface area contributed by atoms with Crippen molar-refractivity contribution >= 4 is 17.7 Å². The second-order valence-electron chi connectivity index (χ2n) is 4.47. The Morgan fingerprint density at radius 1 is 1.33 bits per heavy atom. The van der Waals surface area contributed by atoms with Crippen molar-refractivity contribution in [2.24, 2.45) is 0 Å². The fraction of sp³-hybridized carbons (Fsp3) is 0.462. The number of hydrogen-bond donors (Lipinski definition) is 1. The second kappa shape index (κ2) is 6.11. The molecule has 0 atom stereocenters. The number of benzene rings is 1. The third-order valence-corrected chi connectivity index (χ3v) is 4.01. The lowest BCUT2D eigenvalue weighted by Gasteiger charge is -2.32. The van der Waals surface area contributed by atoms with Crippen LogP contribution in [0.1, 0.15) is 0 Å². The highest BCUT2D eigenvalue weighted by molar-refractivity contribution is 8.00. The molecular weight excluding hydrogens is 248 g/mol. The van der Waals surface area contributed by atoms with Crippen molar-refractivity contribution in [3.05, 3.63) is 24.3 Å². The van der Waals surface area contributed by atoms with Crippen LogP contribution in [0.5, 0.6) is 5.75 Å². The number of amides is 1. The topological polar surface area (TPSA) is 43.8 Å². The van der Waals surface area contributed by atoms with Gasteiger partial charge in [0.2, 0.25) is 5.91 Å². The zero-order valence-electron chi connectivity index (χ0n) is 10.5. The van der Waals surface area contributed by atoms with E-state index in [-0.39, 0.29) is 11.7 Å². The Balaban J connectivity index is 1.81. The van der Waals surface area contributed by atoms with E-state index in [0.29, 0.717) is 5.75 Å². The number of thioether (sulfide) groups is 1. The minimum absolute atomic E-state index is 0.177. The first-order chi connectivity index (χ1) is 8.65. The lowest BCUT2D eigenvalue weighted by molar-refractivity contribution is -0.129. The molecular formula is C13H18N2O2S. The van der Waals surface area contributed by atoms with Crippen LogP contribution in [0.4, 0.5) is 0 Å². The van der Waals surface area contributed by atoms with Gasteiger partial charge in [0, 0.05) is 31.1 Å². The molecule has 1 saturated heterocycles. The maximum absolute atomic E-state index is 12.0. The number of piperazine rings is 1. The zero-order chi connectivity index (χ0) is 13.0. The Kier molecular flexibility index (Phi) is 4.49. The standard InChI is InChI=1S/C13H18N2O2S/c1-14-5-7-15(8-6-14)13(17)10-18-12-4-2-3-11(16)9-12/h2-4,9,16H,5-8,10H2,1H3. The van der Waals surface area contributed by atoms with Crippen LogP contribution in [0.15, 0.2) is 29.2 Å². The molecule has 1 aromatic carbocycles. The molecule has 1 fully saturated rings. The minimum atomic E-state index is 0.177. The summed E-state index contributed by atoms with van der Waals surface area (Å²) in [5.41, 5.74) is 0. The van der Waals surface area contributed by atoms with Crippen LogP contribution < -0.4 is 0 Å².